The predicted molar refractivity (Wildman–Crippen MR) is 52.4 cm³/mol. The second-order valence-electron chi connectivity index (χ2n) is 2.39. The Morgan fingerprint density at radius 3 is 3.00 bits per heavy atom. The van der Waals surface area contributed by atoms with Crippen molar-refractivity contribution in [3.63, 3.8) is 0 Å². The molecule has 1 nitrogen and oxygen atoms in total. The van der Waals surface area contributed by atoms with E-state index in [9.17, 15) is 5.11 Å². The molecule has 1 rings (SSSR count). The second-order valence-corrected chi connectivity index (χ2v) is 3.75. The van der Waals surface area contributed by atoms with E-state index in [1.54, 1.807) is 6.07 Å². The van der Waals surface area contributed by atoms with E-state index in [1.807, 2.05) is 5.38 Å². The highest BCUT2D eigenvalue weighted by Gasteiger charge is 2.11. The van der Waals surface area contributed by atoms with Crippen LogP contribution in [0.3, 0.4) is 0 Å². The van der Waals surface area contributed by atoms with Crippen LogP contribution in [0, 0.1) is 12.3 Å². The lowest BCUT2D eigenvalue weighted by atomic mass is 10.2. The molecule has 1 aromatic heterocycles. The van der Waals surface area contributed by atoms with E-state index in [1.165, 1.54) is 11.3 Å². The van der Waals surface area contributed by atoms with E-state index in [4.69, 9.17) is 18.0 Å². The summed E-state index contributed by atoms with van der Waals surface area (Å²) in [6.45, 7) is 0. The summed E-state index contributed by atoms with van der Waals surface area (Å²) >= 11 is 7.27. The van der Waals surface area contributed by atoms with Gasteiger partial charge in [0.2, 0.25) is 0 Å². The Morgan fingerprint density at radius 2 is 2.50 bits per heavy atom. The summed E-state index contributed by atoms with van der Waals surface area (Å²) in [5, 5.41) is 12.0. The number of hydrogen-bond donors (Lipinski definition) is 1. The zero-order valence-electron chi connectivity index (χ0n) is 6.46. The van der Waals surface area contributed by atoms with Gasteiger partial charge in [-0.2, -0.15) is 0 Å². The zero-order chi connectivity index (χ0) is 8.97. The van der Waals surface area contributed by atoms with Gasteiger partial charge in [-0.1, -0.05) is 11.6 Å². The lowest BCUT2D eigenvalue weighted by Gasteiger charge is -2.05. The Morgan fingerprint density at radius 1 is 1.75 bits per heavy atom. The SMILES string of the molecule is C#CCCC(O)c1sccc1Cl. The largest absolute Gasteiger partial charge is 0.387 e. The average molecular weight is 201 g/mol. The summed E-state index contributed by atoms with van der Waals surface area (Å²) in [5.74, 6) is 2.48. The molecule has 0 fully saturated rings. The quantitative estimate of drug-likeness (QED) is 0.744. The fraction of sp³-hybridized carbons (Fsp3) is 0.333. The minimum atomic E-state index is -0.506. The smallest absolute Gasteiger partial charge is 0.0906 e. The molecule has 3 heteroatoms. The highest BCUT2D eigenvalue weighted by Crippen LogP contribution is 2.30. The number of terminal acetylenes is 1. The Bertz CT molecular complexity index is 287. The van der Waals surface area contributed by atoms with E-state index in [2.05, 4.69) is 5.92 Å². The van der Waals surface area contributed by atoms with Gasteiger partial charge in [0.1, 0.15) is 0 Å². The predicted octanol–water partition coefficient (Wildman–Crippen LogP) is 2.85. The van der Waals surface area contributed by atoms with Crippen molar-refractivity contribution in [2.45, 2.75) is 18.9 Å². The van der Waals surface area contributed by atoms with E-state index in [0.29, 0.717) is 17.9 Å². The van der Waals surface area contributed by atoms with Crippen LogP contribution in [-0.2, 0) is 0 Å². The molecule has 64 valence electrons. The van der Waals surface area contributed by atoms with Gasteiger partial charge in [-0.05, 0) is 17.9 Å². The van der Waals surface area contributed by atoms with Crippen molar-refractivity contribution in [2.24, 2.45) is 0 Å². The highest BCUT2D eigenvalue weighted by atomic mass is 35.5. The van der Waals surface area contributed by atoms with Gasteiger partial charge in [0, 0.05) is 6.42 Å². The number of rotatable bonds is 3. The van der Waals surface area contributed by atoms with Crippen molar-refractivity contribution in [2.75, 3.05) is 0 Å². The first-order valence-electron chi connectivity index (χ1n) is 3.60. The lowest BCUT2D eigenvalue weighted by molar-refractivity contribution is 0.173. The maximum absolute atomic E-state index is 9.55. The van der Waals surface area contributed by atoms with Crippen molar-refractivity contribution in [1.29, 1.82) is 0 Å². The van der Waals surface area contributed by atoms with E-state index in [0.717, 1.165) is 4.88 Å². The second kappa shape index (κ2) is 4.51. The van der Waals surface area contributed by atoms with Gasteiger partial charge in [-0.15, -0.1) is 23.7 Å². The fourth-order valence-electron chi connectivity index (χ4n) is 0.894. The summed E-state index contributed by atoms with van der Waals surface area (Å²) in [7, 11) is 0. The van der Waals surface area contributed by atoms with E-state index in [-0.39, 0.29) is 0 Å². The third-order valence-electron chi connectivity index (χ3n) is 1.51. The molecule has 1 N–H and O–H groups in total. The zero-order valence-corrected chi connectivity index (χ0v) is 8.03. The number of aliphatic hydroxyl groups is 1. The maximum Gasteiger partial charge on any atom is 0.0906 e. The molecule has 0 saturated heterocycles. The molecule has 0 aliphatic rings. The molecular weight excluding hydrogens is 192 g/mol. The van der Waals surface area contributed by atoms with Gasteiger partial charge in [-0.3, -0.25) is 0 Å². The molecule has 0 spiro atoms. The molecule has 0 aliphatic carbocycles. The van der Waals surface area contributed by atoms with Gasteiger partial charge < -0.3 is 5.11 Å². The minimum absolute atomic E-state index is 0.506. The molecule has 12 heavy (non-hydrogen) atoms. The van der Waals surface area contributed by atoms with Crippen LogP contribution in [-0.4, -0.2) is 5.11 Å². The molecule has 1 unspecified atom stereocenters. The van der Waals surface area contributed by atoms with Crippen molar-refractivity contribution >= 4 is 22.9 Å². The maximum atomic E-state index is 9.55. The lowest BCUT2D eigenvalue weighted by Crippen LogP contribution is -1.93. The van der Waals surface area contributed by atoms with Crippen molar-refractivity contribution < 1.29 is 5.11 Å². The molecule has 0 aliphatic heterocycles. The minimum Gasteiger partial charge on any atom is -0.387 e. The van der Waals surface area contributed by atoms with Crippen molar-refractivity contribution in [3.05, 3.63) is 21.3 Å². The Hall–Kier alpha value is -0.490. The number of hydrogen-bond acceptors (Lipinski definition) is 2. The first-order valence-corrected chi connectivity index (χ1v) is 4.86. The third-order valence-corrected chi connectivity index (χ3v) is 2.97. The third kappa shape index (κ3) is 2.25. The monoisotopic (exact) mass is 200 g/mol. The van der Waals surface area contributed by atoms with Crippen molar-refractivity contribution in [1.82, 2.24) is 0 Å². The van der Waals surface area contributed by atoms with Crippen molar-refractivity contribution in [3.8, 4) is 12.3 Å². The van der Waals surface area contributed by atoms with Crippen LogP contribution in [0.4, 0.5) is 0 Å². The fourth-order valence-corrected chi connectivity index (χ4v) is 2.10. The first-order chi connectivity index (χ1) is 5.75. The first kappa shape index (κ1) is 9.60. The molecule has 1 aromatic rings. The standard InChI is InChI=1S/C9H9ClOS/c1-2-3-4-8(11)9-7(10)5-6-12-9/h1,5-6,8,11H,3-4H2. The summed E-state index contributed by atoms with van der Waals surface area (Å²) in [5.41, 5.74) is 0. The topological polar surface area (TPSA) is 20.2 Å². The number of aliphatic hydroxyl groups excluding tert-OH is 1. The highest BCUT2D eigenvalue weighted by molar-refractivity contribution is 7.10. The molecule has 0 amide bonds. The van der Waals surface area contributed by atoms with Crippen LogP contribution in [0.1, 0.15) is 23.8 Å². The van der Waals surface area contributed by atoms with Crippen LogP contribution < -0.4 is 0 Å². The molecule has 1 heterocycles. The van der Waals surface area contributed by atoms with Gasteiger partial charge in [0.25, 0.3) is 0 Å². The molecule has 0 bridgehead atoms. The molecule has 0 saturated carbocycles. The molecular formula is C9H9ClOS. The van der Waals surface area contributed by atoms with E-state index < -0.39 is 6.10 Å². The van der Waals surface area contributed by atoms with Crippen LogP contribution in [0.15, 0.2) is 11.4 Å². The summed E-state index contributed by atoms with van der Waals surface area (Å²) in [4.78, 5) is 0.812. The number of thiophene rings is 1. The van der Waals surface area contributed by atoms with Gasteiger partial charge in [0.05, 0.1) is 16.0 Å². The van der Waals surface area contributed by atoms with Gasteiger partial charge >= 0.3 is 0 Å². The van der Waals surface area contributed by atoms with Crippen LogP contribution in [0.5, 0.6) is 0 Å². The summed E-state index contributed by atoms with van der Waals surface area (Å²) in [6, 6.07) is 1.78. The molecule has 0 aromatic carbocycles. The Labute approximate surface area is 81.0 Å². The van der Waals surface area contributed by atoms with Crippen LogP contribution in [0.25, 0.3) is 0 Å². The van der Waals surface area contributed by atoms with Crippen LogP contribution in [0.2, 0.25) is 5.02 Å². The average Bonchev–Trinajstić information content (AvgIpc) is 2.47. The Kier molecular flexibility index (Phi) is 3.61. The van der Waals surface area contributed by atoms with Crippen LogP contribution >= 0.6 is 22.9 Å². The van der Waals surface area contributed by atoms with E-state index >= 15 is 0 Å². The Balaban J connectivity index is 2.60. The summed E-state index contributed by atoms with van der Waals surface area (Å²) < 4.78 is 0. The molecule has 1 atom stereocenters. The van der Waals surface area contributed by atoms with Gasteiger partial charge in [0.15, 0.2) is 0 Å². The van der Waals surface area contributed by atoms with Gasteiger partial charge in [-0.25, -0.2) is 0 Å². The normalized spacial score (nSPS) is 12.4. The number of halogens is 1. The molecule has 0 radical (unpaired) electrons. The summed E-state index contributed by atoms with van der Waals surface area (Å²) in [6.07, 6.45) is 5.73.